The predicted molar refractivity (Wildman–Crippen MR) is 112 cm³/mol. The van der Waals surface area contributed by atoms with Gasteiger partial charge in [-0.2, -0.15) is 0 Å². The minimum Gasteiger partial charge on any atom is -0.498 e. The Hall–Kier alpha value is -2.23. The first kappa shape index (κ1) is 24.0. The molecule has 9 heteroatoms. The molecule has 7 nitrogen and oxygen atoms in total. The highest BCUT2D eigenvalue weighted by Gasteiger charge is 2.50. The zero-order valence-electron chi connectivity index (χ0n) is 17.6. The van der Waals surface area contributed by atoms with Gasteiger partial charge >= 0.3 is 0 Å². The van der Waals surface area contributed by atoms with E-state index in [0.29, 0.717) is 36.2 Å². The lowest BCUT2D eigenvalue weighted by molar-refractivity contribution is -0.115. The molecule has 0 aromatic heterocycles. The number of sulfone groups is 1. The largest absolute Gasteiger partial charge is 0.498 e. The van der Waals surface area contributed by atoms with Crippen molar-refractivity contribution < 1.29 is 31.8 Å². The molecule has 0 saturated heterocycles. The zero-order valence-corrected chi connectivity index (χ0v) is 18.4. The van der Waals surface area contributed by atoms with Crippen LogP contribution in [0, 0.1) is 5.82 Å². The summed E-state index contributed by atoms with van der Waals surface area (Å²) in [7, 11) is 1.32. The molecule has 2 unspecified atom stereocenters. The minimum absolute atomic E-state index is 0.0453. The molecule has 0 aliphatic heterocycles. The Labute approximate surface area is 176 Å². The molecule has 2 atom stereocenters. The van der Waals surface area contributed by atoms with E-state index in [2.05, 4.69) is 0 Å². The number of amides is 1. The molecule has 0 spiro atoms. The molecule has 0 radical (unpaired) electrons. The maximum Gasteiger partial charge on any atom is 0.249 e. The third-order valence-electron chi connectivity index (χ3n) is 5.22. The Morgan fingerprint density at radius 1 is 1.17 bits per heavy atom. The number of methoxy groups -OCH3 is 3. The molecule has 166 valence electrons. The number of nitrogens with two attached hydrogens (primary N) is 1. The van der Waals surface area contributed by atoms with Gasteiger partial charge in [-0.25, -0.2) is 12.8 Å². The molecule has 0 bridgehead atoms. The van der Waals surface area contributed by atoms with Gasteiger partial charge in [-0.15, -0.1) is 0 Å². The molecule has 1 aromatic carbocycles. The fraction of sp³-hybridized carbons (Fsp3) is 0.476. The van der Waals surface area contributed by atoms with Crippen LogP contribution in [0.5, 0.6) is 0 Å². The lowest BCUT2D eigenvalue weighted by Crippen LogP contribution is -2.51. The molecule has 0 fully saturated rings. The second-order valence-electron chi connectivity index (χ2n) is 7.21. The number of halogens is 1. The van der Waals surface area contributed by atoms with Gasteiger partial charge in [-0.1, -0.05) is 12.1 Å². The lowest BCUT2D eigenvalue weighted by atomic mass is 9.75. The van der Waals surface area contributed by atoms with Crippen LogP contribution >= 0.6 is 0 Å². The number of hydrogen-bond donors (Lipinski definition) is 1. The molecule has 0 heterocycles. The van der Waals surface area contributed by atoms with Crippen LogP contribution in [0.15, 0.2) is 41.7 Å². The molecular formula is C21H28FNO6S. The second-order valence-corrected chi connectivity index (χ2v) is 9.47. The maximum atomic E-state index is 13.5. The molecule has 1 aliphatic rings. The first-order valence-electron chi connectivity index (χ1n) is 9.41. The van der Waals surface area contributed by atoms with Crippen molar-refractivity contribution in [3.8, 4) is 0 Å². The van der Waals surface area contributed by atoms with Crippen molar-refractivity contribution in [3.63, 3.8) is 0 Å². The summed E-state index contributed by atoms with van der Waals surface area (Å²) in [5.41, 5.74) is 5.69. The van der Waals surface area contributed by atoms with E-state index in [0.717, 1.165) is 0 Å². The van der Waals surface area contributed by atoms with Gasteiger partial charge in [-0.05, 0) is 43.0 Å². The van der Waals surface area contributed by atoms with Crippen molar-refractivity contribution in [1.29, 1.82) is 0 Å². The van der Waals surface area contributed by atoms with Gasteiger partial charge in [0.25, 0.3) is 0 Å². The molecule has 1 aliphatic carbocycles. The lowest BCUT2D eigenvalue weighted by Gasteiger charge is -2.43. The van der Waals surface area contributed by atoms with Crippen LogP contribution in [-0.2, 0) is 28.8 Å². The maximum absolute atomic E-state index is 13.5. The van der Waals surface area contributed by atoms with Crippen LogP contribution in [0.25, 0.3) is 5.57 Å². The van der Waals surface area contributed by atoms with E-state index in [-0.39, 0.29) is 11.3 Å². The van der Waals surface area contributed by atoms with Gasteiger partial charge < -0.3 is 19.9 Å². The molecule has 2 N–H and O–H groups in total. The normalized spacial score (nSPS) is 22.0. The SMILES string of the molecule is COC1=CC(C(N)=O)=C(c2ccc(F)cc2)C(OC)C1(CCCCS(C)(=O)=O)OC. The van der Waals surface area contributed by atoms with E-state index in [4.69, 9.17) is 19.9 Å². The molecule has 1 amide bonds. The topological polar surface area (TPSA) is 105 Å². The minimum atomic E-state index is -3.09. The summed E-state index contributed by atoms with van der Waals surface area (Å²) < 4.78 is 53.7. The van der Waals surface area contributed by atoms with Gasteiger partial charge in [0, 0.05) is 37.4 Å². The van der Waals surface area contributed by atoms with Crippen molar-refractivity contribution in [3.05, 3.63) is 53.1 Å². The van der Waals surface area contributed by atoms with E-state index in [9.17, 15) is 17.6 Å². The van der Waals surface area contributed by atoms with Crippen LogP contribution in [0.2, 0.25) is 0 Å². The fourth-order valence-corrected chi connectivity index (χ4v) is 4.56. The van der Waals surface area contributed by atoms with Crippen molar-refractivity contribution in [2.75, 3.05) is 33.3 Å². The Balaban J connectivity index is 2.56. The number of carbonyl (C=O) groups is 1. The Morgan fingerprint density at radius 2 is 1.80 bits per heavy atom. The summed E-state index contributed by atoms with van der Waals surface area (Å²) >= 11 is 0. The van der Waals surface area contributed by atoms with Gasteiger partial charge in [0.15, 0.2) is 5.60 Å². The first-order chi connectivity index (χ1) is 14.1. The number of ether oxygens (including phenoxy) is 3. The average molecular weight is 442 g/mol. The van der Waals surface area contributed by atoms with Crippen molar-refractivity contribution >= 4 is 21.3 Å². The van der Waals surface area contributed by atoms with Gasteiger partial charge in [-0.3, -0.25) is 4.79 Å². The smallest absolute Gasteiger partial charge is 0.249 e. The highest BCUT2D eigenvalue weighted by Crippen LogP contribution is 2.45. The van der Waals surface area contributed by atoms with Crippen molar-refractivity contribution in [1.82, 2.24) is 0 Å². The Bertz CT molecular complexity index is 939. The Kier molecular flexibility index (Phi) is 7.79. The molecule has 0 saturated carbocycles. The number of unbranched alkanes of at least 4 members (excludes halogenated alkanes) is 1. The van der Waals surface area contributed by atoms with Crippen molar-refractivity contribution in [2.45, 2.75) is 31.0 Å². The summed E-state index contributed by atoms with van der Waals surface area (Å²) in [6, 6.07) is 5.64. The molecule has 30 heavy (non-hydrogen) atoms. The predicted octanol–water partition coefficient (Wildman–Crippen LogP) is 2.22. The van der Waals surface area contributed by atoms with E-state index >= 15 is 0 Å². The van der Waals surface area contributed by atoms with Gasteiger partial charge in [0.1, 0.15) is 27.5 Å². The summed E-state index contributed by atoms with van der Waals surface area (Å²) in [5.74, 6) is -0.718. The van der Waals surface area contributed by atoms with E-state index in [1.807, 2.05) is 0 Å². The fourth-order valence-electron chi connectivity index (χ4n) is 3.83. The number of primary amides is 1. The monoisotopic (exact) mass is 441 g/mol. The number of benzene rings is 1. The summed E-state index contributed by atoms with van der Waals surface area (Å²) in [6.45, 7) is 0. The quantitative estimate of drug-likeness (QED) is 0.558. The second kappa shape index (κ2) is 9.72. The van der Waals surface area contributed by atoms with Gasteiger partial charge in [0.05, 0.1) is 7.11 Å². The van der Waals surface area contributed by atoms with E-state index in [1.54, 1.807) is 0 Å². The summed E-state index contributed by atoms with van der Waals surface area (Å²) in [6.07, 6.45) is 3.20. The first-order valence-corrected chi connectivity index (χ1v) is 11.5. The molecule has 1 aromatic rings. The van der Waals surface area contributed by atoms with Crippen LogP contribution < -0.4 is 5.73 Å². The molecule has 2 rings (SSSR count). The van der Waals surface area contributed by atoms with Crippen LogP contribution in [0.3, 0.4) is 0 Å². The third kappa shape index (κ3) is 5.08. The van der Waals surface area contributed by atoms with E-state index in [1.165, 1.54) is 57.9 Å². The number of hydrogen-bond acceptors (Lipinski definition) is 6. The van der Waals surface area contributed by atoms with Crippen LogP contribution in [-0.4, -0.2) is 59.4 Å². The number of carbonyl (C=O) groups excluding carboxylic acids is 1. The van der Waals surface area contributed by atoms with Crippen LogP contribution in [0.1, 0.15) is 24.8 Å². The highest BCUT2D eigenvalue weighted by atomic mass is 32.2. The van der Waals surface area contributed by atoms with E-state index < -0.39 is 33.3 Å². The van der Waals surface area contributed by atoms with Gasteiger partial charge in [0.2, 0.25) is 5.91 Å². The zero-order chi connectivity index (χ0) is 22.5. The van der Waals surface area contributed by atoms with Crippen molar-refractivity contribution in [2.24, 2.45) is 5.73 Å². The Morgan fingerprint density at radius 3 is 2.27 bits per heavy atom. The summed E-state index contributed by atoms with van der Waals surface area (Å²) in [4.78, 5) is 12.2. The van der Waals surface area contributed by atoms with Crippen LogP contribution in [0.4, 0.5) is 4.39 Å². The third-order valence-corrected chi connectivity index (χ3v) is 6.25. The highest BCUT2D eigenvalue weighted by molar-refractivity contribution is 7.90. The summed E-state index contributed by atoms with van der Waals surface area (Å²) in [5, 5.41) is 0. The molecular weight excluding hydrogens is 413 g/mol. The number of rotatable bonds is 10. The standard InChI is InChI=1S/C21H28FNO6S/c1-27-17-13-16(20(23)24)18(14-7-9-15(22)10-8-14)19(28-2)21(17,29-3)11-5-6-12-30(4,25)26/h7-10,13,19H,5-6,11-12H2,1-4H3,(H2,23,24). The average Bonchev–Trinajstić information content (AvgIpc) is 2.69.